The van der Waals surface area contributed by atoms with Crippen molar-refractivity contribution in [3.8, 4) is 0 Å². The van der Waals surface area contributed by atoms with Gasteiger partial charge in [0, 0.05) is 17.6 Å². The molecule has 0 aromatic heterocycles. The number of hydrogen-bond acceptors (Lipinski definition) is 5. The van der Waals surface area contributed by atoms with Crippen LogP contribution in [0.15, 0.2) is 35.5 Å². The molecule has 3 aliphatic rings. The summed E-state index contributed by atoms with van der Waals surface area (Å²) in [7, 11) is 0. The lowest BCUT2D eigenvalue weighted by Gasteiger charge is -2.44. The van der Waals surface area contributed by atoms with E-state index in [-0.39, 0.29) is 17.4 Å². The monoisotopic (exact) mass is 450 g/mol. The standard InChI is InChI=1S/C26H42O4S/c1-16-19(13-20(27)14-22(16)28)9-8-18-7-6-10-26(5)21(18)15-23(29)24(26)17(2)31-12-11-25(3,4)30/h8-9,17,20-24,27-30H,1,6-7,10-15H2,2-5H3/b18-8+,19-9-/t17?,20-,21+,22+,23+,24+,26+/m1/s1. The van der Waals surface area contributed by atoms with Crippen molar-refractivity contribution in [2.24, 2.45) is 17.3 Å². The van der Waals surface area contributed by atoms with Gasteiger partial charge in [0.05, 0.1) is 23.9 Å². The van der Waals surface area contributed by atoms with Gasteiger partial charge in [-0.1, -0.05) is 38.2 Å². The molecule has 0 amide bonds. The van der Waals surface area contributed by atoms with Crippen molar-refractivity contribution in [3.63, 3.8) is 0 Å². The van der Waals surface area contributed by atoms with Crippen molar-refractivity contribution < 1.29 is 20.4 Å². The topological polar surface area (TPSA) is 80.9 Å². The molecule has 4 nitrogen and oxygen atoms in total. The van der Waals surface area contributed by atoms with Crippen LogP contribution in [0, 0.1) is 17.3 Å². The summed E-state index contributed by atoms with van der Waals surface area (Å²) < 4.78 is 0. The lowest BCUT2D eigenvalue weighted by Crippen LogP contribution is -2.39. The Morgan fingerprint density at radius 1 is 1.23 bits per heavy atom. The summed E-state index contributed by atoms with van der Waals surface area (Å²) in [6.07, 6.45) is 8.53. The van der Waals surface area contributed by atoms with E-state index < -0.39 is 17.8 Å². The van der Waals surface area contributed by atoms with Crippen LogP contribution >= 0.6 is 11.8 Å². The minimum Gasteiger partial charge on any atom is -0.393 e. The van der Waals surface area contributed by atoms with E-state index in [2.05, 4.69) is 32.6 Å². The van der Waals surface area contributed by atoms with Gasteiger partial charge in [-0.25, -0.2) is 0 Å². The fourth-order valence-electron chi connectivity index (χ4n) is 6.20. The molecule has 3 fully saturated rings. The third kappa shape index (κ3) is 5.67. The molecule has 0 aromatic rings. The Bertz CT molecular complexity index is 721. The zero-order valence-corrected chi connectivity index (χ0v) is 20.5. The Morgan fingerprint density at radius 3 is 2.61 bits per heavy atom. The number of hydrogen-bond donors (Lipinski definition) is 4. The molecule has 7 atom stereocenters. The molecule has 31 heavy (non-hydrogen) atoms. The van der Waals surface area contributed by atoms with Crippen molar-refractivity contribution in [1.29, 1.82) is 0 Å². The molecule has 176 valence electrons. The molecule has 3 saturated carbocycles. The lowest BCUT2D eigenvalue weighted by atomic mass is 9.63. The maximum Gasteiger partial charge on any atom is 0.0811 e. The van der Waals surface area contributed by atoms with Gasteiger partial charge in [0.2, 0.25) is 0 Å². The maximum atomic E-state index is 11.1. The first-order valence-electron chi connectivity index (χ1n) is 11.9. The number of rotatable bonds is 6. The molecule has 0 saturated heterocycles. The number of thioether (sulfide) groups is 1. The molecular formula is C26H42O4S. The van der Waals surface area contributed by atoms with Crippen LogP contribution < -0.4 is 0 Å². The summed E-state index contributed by atoms with van der Waals surface area (Å²) in [5, 5.41) is 41.6. The molecule has 0 radical (unpaired) electrons. The van der Waals surface area contributed by atoms with Gasteiger partial charge in [0.1, 0.15) is 0 Å². The molecule has 0 bridgehead atoms. The van der Waals surface area contributed by atoms with Crippen LogP contribution in [0.2, 0.25) is 0 Å². The van der Waals surface area contributed by atoms with Crippen LogP contribution in [-0.4, -0.2) is 55.3 Å². The summed E-state index contributed by atoms with van der Waals surface area (Å²) in [5.74, 6) is 1.51. The highest BCUT2D eigenvalue weighted by atomic mass is 32.2. The Balaban J connectivity index is 1.75. The van der Waals surface area contributed by atoms with Crippen LogP contribution in [0.25, 0.3) is 0 Å². The number of aliphatic hydroxyl groups is 4. The molecule has 3 aliphatic carbocycles. The Morgan fingerprint density at radius 2 is 1.94 bits per heavy atom. The molecule has 0 aromatic carbocycles. The van der Waals surface area contributed by atoms with Gasteiger partial charge in [0.25, 0.3) is 0 Å². The van der Waals surface area contributed by atoms with Gasteiger partial charge >= 0.3 is 0 Å². The molecular weight excluding hydrogens is 408 g/mol. The van der Waals surface area contributed by atoms with Gasteiger partial charge in [-0.15, -0.1) is 0 Å². The second kappa shape index (κ2) is 9.72. The van der Waals surface area contributed by atoms with Gasteiger partial charge in [-0.3, -0.25) is 0 Å². The highest BCUT2D eigenvalue weighted by Gasteiger charge is 2.55. The molecule has 1 unspecified atom stereocenters. The van der Waals surface area contributed by atoms with Crippen LogP contribution in [0.4, 0.5) is 0 Å². The average molecular weight is 451 g/mol. The van der Waals surface area contributed by atoms with Crippen molar-refractivity contribution >= 4 is 11.8 Å². The molecule has 5 heteroatoms. The fraction of sp³-hybridized carbons (Fsp3) is 0.769. The molecule has 0 heterocycles. The smallest absolute Gasteiger partial charge is 0.0811 e. The van der Waals surface area contributed by atoms with Crippen LogP contribution in [0.3, 0.4) is 0 Å². The zero-order chi connectivity index (χ0) is 23.0. The van der Waals surface area contributed by atoms with Gasteiger partial charge in [-0.2, -0.15) is 11.8 Å². The summed E-state index contributed by atoms with van der Waals surface area (Å²) in [6.45, 7) is 12.3. The Kier molecular flexibility index (Phi) is 7.85. The van der Waals surface area contributed by atoms with E-state index in [1.165, 1.54) is 5.57 Å². The van der Waals surface area contributed by atoms with Crippen LogP contribution in [0.1, 0.15) is 72.6 Å². The van der Waals surface area contributed by atoms with Gasteiger partial charge < -0.3 is 20.4 Å². The van der Waals surface area contributed by atoms with E-state index in [0.717, 1.165) is 49.0 Å². The van der Waals surface area contributed by atoms with E-state index in [9.17, 15) is 20.4 Å². The van der Waals surface area contributed by atoms with Gasteiger partial charge in [-0.05, 0) is 80.6 Å². The maximum absolute atomic E-state index is 11.1. The predicted molar refractivity (Wildman–Crippen MR) is 129 cm³/mol. The highest BCUT2D eigenvalue weighted by molar-refractivity contribution is 7.99. The number of allylic oxidation sites excluding steroid dienone is 3. The third-order valence-corrected chi connectivity index (χ3v) is 9.20. The van der Waals surface area contributed by atoms with E-state index in [1.807, 2.05) is 25.6 Å². The highest BCUT2D eigenvalue weighted by Crippen LogP contribution is 2.59. The fourth-order valence-corrected chi connectivity index (χ4v) is 7.89. The minimum absolute atomic E-state index is 0.0752. The third-order valence-electron chi connectivity index (χ3n) is 7.94. The normalized spacial score (nSPS) is 40.4. The summed E-state index contributed by atoms with van der Waals surface area (Å²) in [6, 6.07) is 0. The largest absolute Gasteiger partial charge is 0.393 e. The first-order valence-corrected chi connectivity index (χ1v) is 12.9. The van der Waals surface area contributed by atoms with Crippen molar-refractivity contribution in [3.05, 3.63) is 35.5 Å². The quantitative estimate of drug-likeness (QED) is 0.483. The summed E-state index contributed by atoms with van der Waals surface area (Å²) >= 11 is 1.88. The molecule has 4 N–H and O–H groups in total. The predicted octanol–water partition coefficient (Wildman–Crippen LogP) is 4.38. The lowest BCUT2D eigenvalue weighted by molar-refractivity contribution is 0.0685. The second-order valence-corrected chi connectivity index (χ2v) is 12.4. The molecule has 0 aliphatic heterocycles. The minimum atomic E-state index is -0.663. The first-order chi connectivity index (χ1) is 14.4. The van der Waals surface area contributed by atoms with E-state index in [4.69, 9.17) is 0 Å². The second-order valence-electron chi connectivity index (χ2n) is 10.9. The van der Waals surface area contributed by atoms with Crippen LogP contribution in [0.5, 0.6) is 0 Å². The Labute approximate surface area is 192 Å². The zero-order valence-electron chi connectivity index (χ0n) is 19.7. The molecule has 0 spiro atoms. The van der Waals surface area contributed by atoms with Crippen molar-refractivity contribution in [1.82, 2.24) is 0 Å². The van der Waals surface area contributed by atoms with Crippen LogP contribution in [-0.2, 0) is 0 Å². The average Bonchev–Trinajstić information content (AvgIpc) is 2.92. The van der Waals surface area contributed by atoms with Gasteiger partial charge in [0.15, 0.2) is 0 Å². The first kappa shape index (κ1) is 25.0. The summed E-state index contributed by atoms with van der Waals surface area (Å²) in [4.78, 5) is 0. The van der Waals surface area contributed by atoms with E-state index >= 15 is 0 Å². The molecule has 3 rings (SSSR count). The Hall–Kier alpha value is -0.590. The van der Waals surface area contributed by atoms with Crippen molar-refractivity contribution in [2.45, 2.75) is 102 Å². The van der Waals surface area contributed by atoms with Crippen molar-refractivity contribution in [2.75, 3.05) is 5.75 Å². The summed E-state index contributed by atoms with van der Waals surface area (Å²) in [5.41, 5.74) is 2.48. The van der Waals surface area contributed by atoms with E-state index in [1.54, 1.807) is 0 Å². The van der Waals surface area contributed by atoms with E-state index in [0.29, 0.717) is 24.0 Å². The number of aliphatic hydroxyl groups excluding tert-OH is 3. The number of fused-ring (bicyclic) bond motifs is 1. The SMILES string of the molecule is C=C1/C(=C\C=C2/CCC[C@@]3(C)[C@H]2C[C@H](O)[C@@H]3C(C)SCCC(C)(C)O)C[C@@H](O)C[C@@H]1O.